The number of guanidine groups is 1. The van der Waals surface area contributed by atoms with Crippen molar-refractivity contribution in [1.82, 2.24) is 10.2 Å². The minimum Gasteiger partial charge on any atom is -0.382 e. The second kappa shape index (κ2) is 11.8. The van der Waals surface area contributed by atoms with Gasteiger partial charge in [-0.2, -0.15) is 0 Å². The molecule has 1 aliphatic heterocycles. The van der Waals surface area contributed by atoms with Crippen molar-refractivity contribution in [3.63, 3.8) is 0 Å². The number of ether oxygens (including phenoxy) is 2. The van der Waals surface area contributed by atoms with Crippen LogP contribution in [0.15, 0.2) is 29.3 Å². The van der Waals surface area contributed by atoms with Crippen molar-refractivity contribution in [3.8, 4) is 0 Å². The zero-order valence-electron chi connectivity index (χ0n) is 16.8. The molecule has 1 aliphatic rings. The lowest BCUT2D eigenvalue weighted by Gasteiger charge is -2.23. The molecule has 7 heteroatoms. The second-order valence-corrected chi connectivity index (χ2v) is 6.87. The first-order valence-electron chi connectivity index (χ1n) is 9.63. The molecule has 152 valence electrons. The Hall–Kier alpha value is -1.86. The number of anilines is 1. The van der Waals surface area contributed by atoms with Gasteiger partial charge < -0.3 is 24.6 Å². The van der Waals surface area contributed by atoms with E-state index in [1.54, 1.807) is 19.2 Å². The van der Waals surface area contributed by atoms with Crippen LogP contribution in [-0.2, 0) is 9.47 Å². The highest BCUT2D eigenvalue weighted by atomic mass is 19.1. The molecule has 1 heterocycles. The summed E-state index contributed by atoms with van der Waals surface area (Å²) in [5.41, 5.74) is 0.637. The van der Waals surface area contributed by atoms with E-state index in [9.17, 15) is 4.39 Å². The van der Waals surface area contributed by atoms with E-state index >= 15 is 0 Å². The van der Waals surface area contributed by atoms with Gasteiger partial charge in [-0.05, 0) is 25.0 Å². The van der Waals surface area contributed by atoms with Crippen molar-refractivity contribution in [2.75, 3.05) is 72.1 Å². The van der Waals surface area contributed by atoms with Crippen molar-refractivity contribution in [1.29, 1.82) is 0 Å². The van der Waals surface area contributed by atoms with Gasteiger partial charge in [0.15, 0.2) is 5.96 Å². The summed E-state index contributed by atoms with van der Waals surface area (Å²) in [6, 6.07) is 6.87. The summed E-state index contributed by atoms with van der Waals surface area (Å²) < 4.78 is 24.5. The maximum absolute atomic E-state index is 13.8. The van der Waals surface area contributed by atoms with Crippen molar-refractivity contribution in [2.24, 2.45) is 10.9 Å². The molecule has 0 amide bonds. The van der Waals surface area contributed by atoms with E-state index in [0.29, 0.717) is 24.8 Å². The van der Waals surface area contributed by atoms with Crippen LogP contribution in [0.3, 0.4) is 0 Å². The highest BCUT2D eigenvalue weighted by molar-refractivity contribution is 5.80. The number of hydrogen-bond donors (Lipinski definition) is 1. The smallest absolute Gasteiger partial charge is 0.193 e. The zero-order chi connectivity index (χ0) is 19.5. The van der Waals surface area contributed by atoms with Gasteiger partial charge in [0.1, 0.15) is 5.82 Å². The monoisotopic (exact) mass is 380 g/mol. The second-order valence-electron chi connectivity index (χ2n) is 6.87. The Bertz CT molecular complexity index is 585. The molecule has 0 aromatic heterocycles. The topological polar surface area (TPSA) is 49.3 Å². The van der Waals surface area contributed by atoms with Crippen LogP contribution >= 0.6 is 0 Å². The summed E-state index contributed by atoms with van der Waals surface area (Å²) in [5.74, 6) is 1.29. The molecule has 1 aromatic rings. The van der Waals surface area contributed by atoms with Gasteiger partial charge in [-0.1, -0.05) is 12.1 Å². The maximum Gasteiger partial charge on any atom is 0.193 e. The van der Waals surface area contributed by atoms with Gasteiger partial charge in [-0.25, -0.2) is 4.39 Å². The highest BCUT2D eigenvalue weighted by Gasteiger charge is 2.24. The standard InChI is InChI=1S/C20H33FN4O2/c1-22-20(25-12-9-17(15-25)16-27-14-13-26-3)23-10-6-11-24(2)19-8-5-4-7-18(19)21/h4-5,7-8,17H,6,9-16H2,1-3H3,(H,22,23). The normalized spacial score (nSPS) is 17.4. The summed E-state index contributed by atoms with van der Waals surface area (Å²) >= 11 is 0. The molecule has 0 spiro atoms. The van der Waals surface area contributed by atoms with Gasteiger partial charge in [0.05, 0.1) is 25.5 Å². The first-order chi connectivity index (χ1) is 13.2. The molecule has 0 aliphatic carbocycles. The fourth-order valence-corrected chi connectivity index (χ4v) is 3.28. The average Bonchev–Trinajstić information content (AvgIpc) is 3.14. The van der Waals surface area contributed by atoms with E-state index in [0.717, 1.165) is 51.6 Å². The predicted octanol–water partition coefficient (Wildman–Crippen LogP) is 2.21. The third-order valence-corrected chi connectivity index (χ3v) is 4.80. The Kier molecular flexibility index (Phi) is 9.35. The quantitative estimate of drug-likeness (QED) is 0.383. The minimum atomic E-state index is -0.181. The van der Waals surface area contributed by atoms with Crippen LogP contribution in [0.2, 0.25) is 0 Å². The van der Waals surface area contributed by atoms with Crippen LogP contribution in [0.1, 0.15) is 12.8 Å². The molecule has 0 bridgehead atoms. The third kappa shape index (κ3) is 6.99. The summed E-state index contributed by atoms with van der Waals surface area (Å²) in [4.78, 5) is 8.63. The molecule has 1 N–H and O–H groups in total. The van der Waals surface area contributed by atoms with Gasteiger partial charge >= 0.3 is 0 Å². The number of benzene rings is 1. The minimum absolute atomic E-state index is 0.181. The summed E-state index contributed by atoms with van der Waals surface area (Å²) in [5, 5.41) is 3.42. The molecule has 1 saturated heterocycles. The summed E-state index contributed by atoms with van der Waals surface area (Å²) in [7, 11) is 5.42. The Labute approximate surface area is 162 Å². The maximum atomic E-state index is 13.8. The van der Waals surface area contributed by atoms with Crippen LogP contribution in [0.25, 0.3) is 0 Å². The zero-order valence-corrected chi connectivity index (χ0v) is 16.8. The van der Waals surface area contributed by atoms with Crippen LogP contribution < -0.4 is 10.2 Å². The van der Waals surface area contributed by atoms with Crippen molar-refractivity contribution in [2.45, 2.75) is 12.8 Å². The molecule has 0 saturated carbocycles. The number of nitrogens with zero attached hydrogens (tertiary/aromatic N) is 3. The number of aliphatic imine (C=N–C) groups is 1. The van der Waals surface area contributed by atoms with E-state index < -0.39 is 0 Å². The third-order valence-electron chi connectivity index (χ3n) is 4.80. The van der Waals surface area contributed by atoms with Crippen molar-refractivity contribution < 1.29 is 13.9 Å². The molecule has 1 unspecified atom stereocenters. The number of likely N-dealkylation sites (tertiary alicyclic amines) is 1. The lowest BCUT2D eigenvalue weighted by Crippen LogP contribution is -2.41. The first kappa shape index (κ1) is 21.4. The van der Waals surface area contributed by atoms with Gasteiger partial charge in [0.25, 0.3) is 0 Å². The molecule has 1 fully saturated rings. The van der Waals surface area contributed by atoms with Crippen LogP contribution in [0.5, 0.6) is 0 Å². The molecule has 1 aromatic carbocycles. The predicted molar refractivity (Wildman–Crippen MR) is 108 cm³/mol. The molecule has 2 rings (SSSR count). The average molecular weight is 381 g/mol. The van der Waals surface area contributed by atoms with Gasteiger partial charge in [0, 0.05) is 53.3 Å². The fourth-order valence-electron chi connectivity index (χ4n) is 3.28. The first-order valence-corrected chi connectivity index (χ1v) is 9.63. The SMILES string of the molecule is CN=C(NCCCN(C)c1ccccc1F)N1CCC(COCCOC)C1. The van der Waals surface area contributed by atoms with E-state index in [-0.39, 0.29) is 5.82 Å². The number of para-hydroxylation sites is 1. The van der Waals surface area contributed by atoms with Crippen LogP contribution in [0.4, 0.5) is 10.1 Å². The number of methoxy groups -OCH3 is 1. The highest BCUT2D eigenvalue weighted by Crippen LogP contribution is 2.18. The van der Waals surface area contributed by atoms with E-state index in [1.165, 1.54) is 6.07 Å². The number of nitrogens with one attached hydrogen (secondary N) is 1. The van der Waals surface area contributed by atoms with E-state index in [4.69, 9.17) is 9.47 Å². The number of hydrogen-bond acceptors (Lipinski definition) is 4. The molecule has 27 heavy (non-hydrogen) atoms. The van der Waals surface area contributed by atoms with Crippen LogP contribution in [0, 0.1) is 11.7 Å². The Morgan fingerprint density at radius 3 is 2.93 bits per heavy atom. The number of halogens is 1. The molecular formula is C20H33FN4O2. The fraction of sp³-hybridized carbons (Fsp3) is 0.650. The molecule has 1 atom stereocenters. The molecule has 6 nitrogen and oxygen atoms in total. The Morgan fingerprint density at radius 1 is 1.37 bits per heavy atom. The molecular weight excluding hydrogens is 347 g/mol. The lowest BCUT2D eigenvalue weighted by molar-refractivity contribution is 0.0536. The summed E-state index contributed by atoms with van der Waals surface area (Å²) in [6.45, 7) is 5.59. The Morgan fingerprint density at radius 2 is 2.19 bits per heavy atom. The van der Waals surface area contributed by atoms with E-state index in [2.05, 4.69) is 15.2 Å². The largest absolute Gasteiger partial charge is 0.382 e. The lowest BCUT2D eigenvalue weighted by atomic mass is 10.1. The van der Waals surface area contributed by atoms with Crippen molar-refractivity contribution >= 4 is 11.6 Å². The Balaban J connectivity index is 1.66. The van der Waals surface area contributed by atoms with Gasteiger partial charge in [0.2, 0.25) is 0 Å². The van der Waals surface area contributed by atoms with Crippen LogP contribution in [-0.4, -0.2) is 78.1 Å². The van der Waals surface area contributed by atoms with Gasteiger partial charge in [-0.15, -0.1) is 0 Å². The van der Waals surface area contributed by atoms with Crippen molar-refractivity contribution in [3.05, 3.63) is 30.1 Å². The number of rotatable bonds is 10. The summed E-state index contributed by atoms with van der Waals surface area (Å²) in [6.07, 6.45) is 2.02. The molecule has 0 radical (unpaired) electrons. The van der Waals surface area contributed by atoms with Gasteiger partial charge in [-0.3, -0.25) is 4.99 Å². The van der Waals surface area contributed by atoms with E-state index in [1.807, 2.05) is 25.1 Å².